The van der Waals surface area contributed by atoms with E-state index in [2.05, 4.69) is 43.2 Å². The van der Waals surface area contributed by atoms with Crippen molar-refractivity contribution in [2.24, 2.45) is 5.92 Å². The van der Waals surface area contributed by atoms with Gasteiger partial charge in [0.15, 0.2) is 0 Å². The predicted molar refractivity (Wildman–Crippen MR) is 76.1 cm³/mol. The van der Waals surface area contributed by atoms with Gasteiger partial charge in [-0.25, -0.2) is 0 Å². The monoisotopic (exact) mass is 246 g/mol. The van der Waals surface area contributed by atoms with E-state index >= 15 is 0 Å². The van der Waals surface area contributed by atoms with Crippen molar-refractivity contribution in [3.8, 4) is 0 Å². The van der Waals surface area contributed by atoms with Crippen molar-refractivity contribution < 1.29 is 4.79 Å². The fourth-order valence-electron chi connectivity index (χ4n) is 2.45. The predicted octanol–water partition coefficient (Wildman–Crippen LogP) is 3.05. The van der Waals surface area contributed by atoms with Gasteiger partial charge in [0.1, 0.15) is 0 Å². The number of fused-ring (bicyclic) bond motifs is 1. The molecule has 1 N–H and O–H groups in total. The van der Waals surface area contributed by atoms with Gasteiger partial charge in [0.25, 0.3) is 0 Å². The smallest absolute Gasteiger partial charge is 0.224 e. The highest BCUT2D eigenvalue weighted by atomic mass is 16.1. The van der Waals surface area contributed by atoms with Gasteiger partial charge in [0.05, 0.1) is 0 Å². The van der Waals surface area contributed by atoms with Crippen molar-refractivity contribution in [2.45, 2.75) is 33.1 Å². The zero-order valence-electron chi connectivity index (χ0n) is 11.5. The van der Waals surface area contributed by atoms with Gasteiger partial charge in [-0.2, -0.15) is 0 Å². The normalized spacial score (nSPS) is 14.6. The Bertz CT molecular complexity index is 440. The maximum absolute atomic E-state index is 11.7. The molecule has 1 amide bonds. The Hall–Kier alpha value is -1.51. The topological polar surface area (TPSA) is 32.3 Å². The molecule has 0 saturated carbocycles. The Morgan fingerprint density at radius 2 is 2.22 bits per heavy atom. The molecule has 3 nitrogen and oxygen atoms in total. The molecule has 18 heavy (non-hydrogen) atoms. The van der Waals surface area contributed by atoms with Gasteiger partial charge in [-0.05, 0) is 42.5 Å². The second-order valence-corrected chi connectivity index (χ2v) is 5.51. The van der Waals surface area contributed by atoms with Crippen LogP contribution in [0.15, 0.2) is 18.2 Å². The first-order valence-electron chi connectivity index (χ1n) is 6.70. The first-order valence-corrected chi connectivity index (χ1v) is 6.70. The summed E-state index contributed by atoms with van der Waals surface area (Å²) in [6.45, 7) is 5.23. The van der Waals surface area contributed by atoms with Crippen molar-refractivity contribution in [1.29, 1.82) is 0 Å². The van der Waals surface area contributed by atoms with Crippen LogP contribution in [-0.2, 0) is 11.2 Å². The highest BCUT2D eigenvalue weighted by Gasteiger charge is 2.14. The number of hydrogen-bond acceptors (Lipinski definition) is 2. The van der Waals surface area contributed by atoms with Crippen molar-refractivity contribution in [1.82, 2.24) is 0 Å². The lowest BCUT2D eigenvalue weighted by atomic mass is 10.0. The van der Waals surface area contributed by atoms with E-state index in [1.165, 1.54) is 17.7 Å². The fraction of sp³-hybridized carbons (Fsp3) is 0.533. The molecule has 0 unspecified atom stereocenters. The number of amides is 1. The van der Waals surface area contributed by atoms with E-state index in [0.717, 1.165) is 18.7 Å². The van der Waals surface area contributed by atoms with Crippen LogP contribution in [0.5, 0.6) is 0 Å². The molecule has 1 heterocycles. The Balaban J connectivity index is 2.09. The van der Waals surface area contributed by atoms with Gasteiger partial charge in [0.2, 0.25) is 5.91 Å². The number of nitrogens with one attached hydrogen (secondary N) is 1. The second-order valence-electron chi connectivity index (χ2n) is 5.51. The van der Waals surface area contributed by atoms with Crippen LogP contribution in [-0.4, -0.2) is 19.5 Å². The molecule has 1 aliphatic heterocycles. The highest BCUT2D eigenvalue weighted by molar-refractivity contribution is 5.91. The van der Waals surface area contributed by atoms with E-state index in [1.54, 1.807) is 0 Å². The zero-order valence-corrected chi connectivity index (χ0v) is 11.5. The first-order chi connectivity index (χ1) is 8.56. The second kappa shape index (κ2) is 5.42. The third-order valence-corrected chi connectivity index (χ3v) is 3.31. The van der Waals surface area contributed by atoms with Gasteiger partial charge < -0.3 is 10.2 Å². The average Bonchev–Trinajstić information content (AvgIpc) is 2.27. The Morgan fingerprint density at radius 1 is 1.44 bits per heavy atom. The van der Waals surface area contributed by atoms with Crippen LogP contribution in [0, 0.1) is 5.92 Å². The van der Waals surface area contributed by atoms with Crippen molar-refractivity contribution in [2.75, 3.05) is 23.8 Å². The van der Waals surface area contributed by atoms with Gasteiger partial charge in [-0.1, -0.05) is 13.8 Å². The number of hydrogen-bond donors (Lipinski definition) is 1. The molecule has 0 spiro atoms. The molecular weight excluding hydrogens is 224 g/mol. The Labute approximate surface area is 109 Å². The molecule has 1 aromatic rings. The molecule has 98 valence electrons. The van der Waals surface area contributed by atoms with Crippen LogP contribution < -0.4 is 10.2 Å². The van der Waals surface area contributed by atoms with Crippen molar-refractivity contribution >= 4 is 17.3 Å². The minimum Gasteiger partial charge on any atom is -0.374 e. The molecule has 0 bridgehead atoms. The number of aryl methyl sites for hydroxylation is 1. The van der Waals surface area contributed by atoms with Gasteiger partial charge in [0, 0.05) is 31.4 Å². The van der Waals surface area contributed by atoms with E-state index in [4.69, 9.17) is 0 Å². The Morgan fingerprint density at radius 3 is 2.94 bits per heavy atom. The van der Waals surface area contributed by atoms with E-state index < -0.39 is 0 Å². The summed E-state index contributed by atoms with van der Waals surface area (Å²) in [4.78, 5) is 14.0. The lowest BCUT2D eigenvalue weighted by Crippen LogP contribution is -2.24. The highest BCUT2D eigenvalue weighted by Crippen LogP contribution is 2.28. The lowest BCUT2D eigenvalue weighted by Gasteiger charge is -2.27. The summed E-state index contributed by atoms with van der Waals surface area (Å²) in [5.41, 5.74) is 3.56. The summed E-state index contributed by atoms with van der Waals surface area (Å²) >= 11 is 0. The third kappa shape index (κ3) is 3.03. The molecule has 0 radical (unpaired) electrons. The van der Waals surface area contributed by atoms with Gasteiger partial charge in [-0.15, -0.1) is 0 Å². The Kier molecular flexibility index (Phi) is 3.90. The molecule has 0 fully saturated rings. The molecular formula is C15H22N2O. The maximum Gasteiger partial charge on any atom is 0.224 e. The lowest BCUT2D eigenvalue weighted by molar-refractivity contribution is -0.116. The van der Waals surface area contributed by atoms with Crippen LogP contribution in [0.1, 0.15) is 32.3 Å². The first kappa shape index (κ1) is 12.9. The van der Waals surface area contributed by atoms with Crippen LogP contribution in [0.4, 0.5) is 11.4 Å². The summed E-state index contributed by atoms with van der Waals surface area (Å²) in [6, 6.07) is 6.22. The molecule has 0 saturated heterocycles. The van der Waals surface area contributed by atoms with Crippen LogP contribution in [0.2, 0.25) is 0 Å². The summed E-state index contributed by atoms with van der Waals surface area (Å²) in [6.07, 6.45) is 2.87. The van der Waals surface area contributed by atoms with Crippen molar-refractivity contribution in [3.63, 3.8) is 0 Å². The van der Waals surface area contributed by atoms with E-state index in [9.17, 15) is 4.79 Å². The van der Waals surface area contributed by atoms with E-state index in [0.29, 0.717) is 12.3 Å². The minimum absolute atomic E-state index is 0.106. The van der Waals surface area contributed by atoms with E-state index in [1.807, 2.05) is 6.07 Å². The molecule has 3 heteroatoms. The fourth-order valence-corrected chi connectivity index (χ4v) is 2.45. The number of nitrogens with zero attached hydrogens (tertiary/aromatic N) is 1. The third-order valence-electron chi connectivity index (χ3n) is 3.31. The number of anilines is 2. The molecule has 1 aromatic carbocycles. The molecule has 0 atom stereocenters. The maximum atomic E-state index is 11.7. The molecule has 1 aliphatic rings. The quantitative estimate of drug-likeness (QED) is 0.889. The number of carbonyl (C=O) groups excluding carboxylic acids is 1. The molecule has 0 aromatic heterocycles. The number of carbonyl (C=O) groups is 1. The van der Waals surface area contributed by atoms with Crippen LogP contribution in [0.3, 0.4) is 0 Å². The average molecular weight is 246 g/mol. The molecule has 0 aliphatic carbocycles. The van der Waals surface area contributed by atoms with Crippen molar-refractivity contribution in [3.05, 3.63) is 23.8 Å². The molecule has 2 rings (SSSR count). The zero-order chi connectivity index (χ0) is 13.1. The summed E-state index contributed by atoms with van der Waals surface area (Å²) < 4.78 is 0. The summed E-state index contributed by atoms with van der Waals surface area (Å²) in [5.74, 6) is 0.503. The standard InChI is InChI=1S/C15H22N2O/c1-11(2)9-15(18)16-13-6-7-14-12(10-13)5-4-8-17(14)3/h6-7,10-11H,4-5,8-9H2,1-3H3,(H,16,18). The van der Waals surface area contributed by atoms with E-state index in [-0.39, 0.29) is 5.91 Å². The minimum atomic E-state index is 0.106. The number of benzene rings is 1. The van der Waals surface area contributed by atoms with Crippen LogP contribution >= 0.6 is 0 Å². The summed E-state index contributed by atoms with van der Waals surface area (Å²) in [7, 11) is 2.12. The summed E-state index contributed by atoms with van der Waals surface area (Å²) in [5, 5.41) is 2.98. The largest absolute Gasteiger partial charge is 0.374 e. The SMILES string of the molecule is CC(C)CC(=O)Nc1ccc2c(c1)CCCN2C. The van der Waals surface area contributed by atoms with Gasteiger partial charge in [-0.3, -0.25) is 4.79 Å². The number of rotatable bonds is 3. The van der Waals surface area contributed by atoms with Crippen LogP contribution in [0.25, 0.3) is 0 Å². The van der Waals surface area contributed by atoms with Gasteiger partial charge >= 0.3 is 0 Å².